The predicted molar refractivity (Wildman–Crippen MR) is 97.6 cm³/mol. The highest BCUT2D eigenvalue weighted by Gasteiger charge is 2.29. The third-order valence-electron chi connectivity index (χ3n) is 5.25. The Hall–Kier alpha value is -1.53. The van der Waals surface area contributed by atoms with E-state index in [4.69, 9.17) is 4.98 Å². The van der Waals surface area contributed by atoms with Crippen molar-refractivity contribution >= 4 is 22.4 Å². The summed E-state index contributed by atoms with van der Waals surface area (Å²) in [7, 11) is 0. The average Bonchev–Trinajstić information content (AvgIpc) is 3.28. The molecule has 0 radical (unpaired) electrons. The maximum atomic E-state index is 4.78. The van der Waals surface area contributed by atoms with Gasteiger partial charge in [-0.25, -0.2) is 15.0 Å². The van der Waals surface area contributed by atoms with Crippen LogP contribution in [0.15, 0.2) is 23.8 Å². The Morgan fingerprint density at radius 2 is 2.00 bits per heavy atom. The fraction of sp³-hybridized carbons (Fsp3) is 0.611. The molecule has 0 amide bonds. The largest absolute Gasteiger partial charge is 0.300 e. The Morgan fingerprint density at radius 1 is 1.08 bits per heavy atom. The summed E-state index contributed by atoms with van der Waals surface area (Å²) in [4.78, 5) is 16.0. The molecule has 1 aliphatic heterocycles. The van der Waals surface area contributed by atoms with Crippen molar-refractivity contribution in [3.05, 3.63) is 29.5 Å². The number of likely N-dealkylation sites (tertiary alicyclic amines) is 1. The van der Waals surface area contributed by atoms with E-state index in [1.54, 1.807) is 17.5 Å². The van der Waals surface area contributed by atoms with Crippen LogP contribution in [0, 0.1) is 5.92 Å². The van der Waals surface area contributed by atoms with Crippen molar-refractivity contribution in [2.75, 3.05) is 18.4 Å². The van der Waals surface area contributed by atoms with Crippen LogP contribution < -0.4 is 5.32 Å². The highest BCUT2D eigenvalue weighted by Crippen LogP contribution is 2.34. The lowest BCUT2D eigenvalue weighted by Gasteiger charge is -2.30. The predicted octanol–water partition coefficient (Wildman–Crippen LogP) is 4.39. The number of anilines is 2. The molecule has 2 fully saturated rings. The fourth-order valence-corrected chi connectivity index (χ4v) is 4.60. The summed E-state index contributed by atoms with van der Waals surface area (Å²) in [6.07, 6.45) is 13.2. The van der Waals surface area contributed by atoms with Gasteiger partial charge in [-0.3, -0.25) is 4.90 Å². The van der Waals surface area contributed by atoms with Crippen molar-refractivity contribution < 1.29 is 0 Å². The van der Waals surface area contributed by atoms with Crippen LogP contribution in [0.3, 0.4) is 0 Å². The van der Waals surface area contributed by atoms with Crippen LogP contribution in [-0.4, -0.2) is 32.9 Å². The highest BCUT2D eigenvalue weighted by molar-refractivity contribution is 7.13. The molecule has 5 nitrogen and oxygen atoms in total. The molecule has 0 unspecified atom stereocenters. The minimum atomic E-state index is 0.451. The lowest BCUT2D eigenvalue weighted by Crippen LogP contribution is -2.30. The number of hydrogen-bond donors (Lipinski definition) is 1. The molecule has 4 rings (SSSR count). The maximum absolute atomic E-state index is 4.78. The monoisotopic (exact) mass is 343 g/mol. The van der Waals surface area contributed by atoms with Crippen molar-refractivity contribution in [2.45, 2.75) is 51.0 Å². The number of thiazole rings is 1. The smallest absolute Gasteiger partial charge is 0.229 e. The molecule has 2 aromatic heterocycles. The SMILES string of the molecule is c1cc([C@H]2CCCN2CC2CCCCC2)nc(Nc2nccs2)n1. The quantitative estimate of drug-likeness (QED) is 0.872. The maximum Gasteiger partial charge on any atom is 0.229 e. The third-order valence-corrected chi connectivity index (χ3v) is 5.94. The van der Waals surface area contributed by atoms with E-state index in [1.807, 2.05) is 11.6 Å². The number of nitrogens with one attached hydrogen (secondary N) is 1. The zero-order valence-corrected chi connectivity index (χ0v) is 14.8. The van der Waals surface area contributed by atoms with E-state index in [0.717, 1.165) is 16.7 Å². The molecular formula is C18H25N5S. The van der Waals surface area contributed by atoms with Gasteiger partial charge < -0.3 is 5.32 Å². The minimum absolute atomic E-state index is 0.451. The number of nitrogens with zero attached hydrogens (tertiary/aromatic N) is 4. The second-order valence-electron chi connectivity index (χ2n) is 6.92. The van der Waals surface area contributed by atoms with E-state index >= 15 is 0 Å². The molecule has 3 heterocycles. The van der Waals surface area contributed by atoms with Crippen LogP contribution in [-0.2, 0) is 0 Å². The van der Waals surface area contributed by atoms with Crippen LogP contribution in [0.4, 0.5) is 11.1 Å². The summed E-state index contributed by atoms with van der Waals surface area (Å²) in [6, 6.07) is 2.53. The van der Waals surface area contributed by atoms with Crippen molar-refractivity contribution in [1.29, 1.82) is 0 Å². The van der Waals surface area contributed by atoms with Crippen molar-refractivity contribution in [3.63, 3.8) is 0 Å². The van der Waals surface area contributed by atoms with Gasteiger partial charge in [-0.2, -0.15) is 0 Å². The minimum Gasteiger partial charge on any atom is -0.300 e. The van der Waals surface area contributed by atoms with Crippen LogP contribution in [0.25, 0.3) is 0 Å². The fourth-order valence-electron chi connectivity index (χ4n) is 4.08. The summed E-state index contributed by atoms with van der Waals surface area (Å²) in [6.45, 7) is 2.45. The molecule has 2 aliphatic rings. The van der Waals surface area contributed by atoms with Gasteiger partial charge in [0.15, 0.2) is 5.13 Å². The second kappa shape index (κ2) is 7.57. The molecule has 1 aliphatic carbocycles. The average molecular weight is 344 g/mol. The molecule has 0 spiro atoms. The first-order chi connectivity index (χ1) is 11.9. The summed E-state index contributed by atoms with van der Waals surface area (Å²) < 4.78 is 0. The number of rotatable bonds is 5. The van der Waals surface area contributed by atoms with Gasteiger partial charge in [-0.05, 0) is 44.2 Å². The van der Waals surface area contributed by atoms with E-state index in [2.05, 4.69) is 26.3 Å². The van der Waals surface area contributed by atoms with E-state index in [1.165, 1.54) is 58.0 Å². The Labute approximate surface area is 147 Å². The molecule has 1 N–H and O–H groups in total. The lowest BCUT2D eigenvalue weighted by molar-refractivity contribution is 0.186. The van der Waals surface area contributed by atoms with Crippen LogP contribution in [0.1, 0.15) is 56.7 Å². The molecular weight excluding hydrogens is 318 g/mol. The van der Waals surface area contributed by atoms with Crippen LogP contribution in [0.5, 0.6) is 0 Å². The third kappa shape index (κ3) is 3.75. The van der Waals surface area contributed by atoms with E-state index < -0.39 is 0 Å². The van der Waals surface area contributed by atoms with Crippen molar-refractivity contribution in [2.24, 2.45) is 5.92 Å². The van der Waals surface area contributed by atoms with Gasteiger partial charge in [0, 0.05) is 24.3 Å². The Balaban J connectivity index is 1.45. The molecule has 2 aromatic rings. The summed E-state index contributed by atoms with van der Waals surface area (Å²) in [5.41, 5.74) is 1.15. The Bertz CT molecular complexity index is 639. The van der Waals surface area contributed by atoms with Crippen molar-refractivity contribution in [1.82, 2.24) is 19.9 Å². The first-order valence-corrected chi connectivity index (χ1v) is 10.00. The van der Waals surface area contributed by atoms with Crippen molar-refractivity contribution in [3.8, 4) is 0 Å². The molecule has 24 heavy (non-hydrogen) atoms. The zero-order valence-electron chi connectivity index (χ0n) is 14.0. The van der Waals surface area contributed by atoms with Crippen LogP contribution in [0.2, 0.25) is 0 Å². The standard InChI is InChI=1S/C18H25N5S/c1-2-5-14(6-3-1)13-23-11-4-7-16(23)15-8-9-19-17(21-15)22-18-20-10-12-24-18/h8-10,12,14,16H,1-7,11,13H2,(H,19,20,21,22)/t16-/m1/s1. The lowest BCUT2D eigenvalue weighted by atomic mass is 9.88. The van der Waals surface area contributed by atoms with E-state index in [9.17, 15) is 0 Å². The normalized spacial score (nSPS) is 22.8. The van der Waals surface area contributed by atoms with Gasteiger partial charge in [0.2, 0.25) is 5.95 Å². The molecule has 1 atom stereocenters. The number of hydrogen-bond acceptors (Lipinski definition) is 6. The molecule has 128 valence electrons. The molecule has 1 saturated carbocycles. The zero-order chi connectivity index (χ0) is 16.2. The highest BCUT2D eigenvalue weighted by atomic mass is 32.1. The van der Waals surface area contributed by atoms with Gasteiger partial charge in [0.25, 0.3) is 0 Å². The first kappa shape index (κ1) is 16.0. The summed E-state index contributed by atoms with van der Waals surface area (Å²) in [5.74, 6) is 1.54. The molecule has 0 aromatic carbocycles. The Morgan fingerprint density at radius 3 is 2.83 bits per heavy atom. The Kier molecular flexibility index (Phi) is 5.04. The van der Waals surface area contributed by atoms with Gasteiger partial charge in [-0.1, -0.05) is 19.3 Å². The van der Waals surface area contributed by atoms with Gasteiger partial charge in [-0.15, -0.1) is 11.3 Å². The van der Waals surface area contributed by atoms with Gasteiger partial charge in [0.05, 0.1) is 11.7 Å². The van der Waals surface area contributed by atoms with E-state index in [-0.39, 0.29) is 0 Å². The first-order valence-electron chi connectivity index (χ1n) is 9.12. The van der Waals surface area contributed by atoms with E-state index in [0.29, 0.717) is 12.0 Å². The summed E-state index contributed by atoms with van der Waals surface area (Å²) >= 11 is 1.57. The molecule has 6 heteroatoms. The van der Waals surface area contributed by atoms with Gasteiger partial charge in [0.1, 0.15) is 0 Å². The molecule has 1 saturated heterocycles. The topological polar surface area (TPSA) is 53.9 Å². The summed E-state index contributed by atoms with van der Waals surface area (Å²) in [5, 5.41) is 6.01. The number of aromatic nitrogens is 3. The molecule has 0 bridgehead atoms. The van der Waals surface area contributed by atoms with Gasteiger partial charge >= 0.3 is 0 Å². The second-order valence-corrected chi connectivity index (χ2v) is 7.82. The van der Waals surface area contributed by atoms with Crippen LogP contribution >= 0.6 is 11.3 Å².